The van der Waals surface area contributed by atoms with Gasteiger partial charge in [0.15, 0.2) is 0 Å². The number of methoxy groups -OCH3 is 1. The number of nitrogens with one attached hydrogen (secondary N) is 3. The van der Waals surface area contributed by atoms with Crippen molar-refractivity contribution in [3.63, 3.8) is 0 Å². The quantitative estimate of drug-likeness (QED) is 0.159. The Bertz CT molecular complexity index is 2280. The number of rotatable bonds is 14. The highest BCUT2D eigenvalue weighted by Gasteiger charge is 2.62. The molecule has 15 nitrogen and oxygen atoms in total. The maximum atomic E-state index is 14.6. The number of sulfonamides is 1. The van der Waals surface area contributed by atoms with Gasteiger partial charge in [-0.15, -0.1) is 6.58 Å². The van der Waals surface area contributed by atoms with Crippen molar-refractivity contribution >= 4 is 50.4 Å². The first kappa shape index (κ1) is 41.7. The molecule has 2 aliphatic carbocycles. The van der Waals surface area contributed by atoms with Gasteiger partial charge in [0.05, 0.1) is 18.9 Å². The van der Waals surface area contributed by atoms with Crippen LogP contribution >= 0.6 is 0 Å². The van der Waals surface area contributed by atoms with E-state index in [1.807, 2.05) is 12.1 Å². The van der Waals surface area contributed by atoms with Crippen molar-refractivity contribution in [2.45, 2.75) is 93.9 Å². The maximum Gasteiger partial charge on any atom is 0.408 e. The minimum absolute atomic E-state index is 0.0662. The Kier molecular flexibility index (Phi) is 12.1. The highest BCUT2D eigenvalue weighted by atomic mass is 32.2. The van der Waals surface area contributed by atoms with Gasteiger partial charge >= 0.3 is 6.09 Å². The van der Waals surface area contributed by atoms with Gasteiger partial charge in [-0.05, 0) is 94.2 Å². The number of alkyl carbamates (subject to hydrolysis) is 1. The number of ketones is 1. The molecule has 2 saturated carbocycles. The summed E-state index contributed by atoms with van der Waals surface area (Å²) in [5.74, 6) is 2.80. The van der Waals surface area contributed by atoms with Gasteiger partial charge in [-0.25, -0.2) is 18.2 Å². The highest BCUT2D eigenvalue weighted by molar-refractivity contribution is 7.91. The second-order valence-corrected chi connectivity index (χ2v) is 17.6. The Balaban J connectivity index is 1.28. The number of nitrogens with zero attached hydrogens (tertiary/aromatic N) is 2. The molecule has 4 amide bonds. The van der Waals surface area contributed by atoms with Gasteiger partial charge in [0.2, 0.25) is 33.5 Å². The van der Waals surface area contributed by atoms with E-state index in [2.05, 4.69) is 38.8 Å². The van der Waals surface area contributed by atoms with Crippen molar-refractivity contribution in [3.8, 4) is 23.5 Å². The molecule has 0 radical (unpaired) electrons. The van der Waals surface area contributed by atoms with Crippen molar-refractivity contribution in [2.75, 3.05) is 13.7 Å². The zero-order chi connectivity index (χ0) is 41.8. The Labute approximate surface area is 337 Å². The molecule has 58 heavy (non-hydrogen) atoms. The molecule has 5 atom stereocenters. The average molecular weight is 814 g/mol. The summed E-state index contributed by atoms with van der Waals surface area (Å²) < 4.78 is 44.8. The van der Waals surface area contributed by atoms with Gasteiger partial charge in [0.1, 0.15) is 35.1 Å². The van der Waals surface area contributed by atoms with Crippen LogP contribution in [0.1, 0.15) is 64.9 Å². The number of pyridine rings is 1. The van der Waals surface area contributed by atoms with Crippen molar-refractivity contribution < 1.29 is 46.6 Å². The number of carbonyl (C=O) groups excluding carboxylic acids is 5. The molecule has 6 rings (SSSR count). The smallest absolute Gasteiger partial charge is 0.408 e. The minimum Gasteiger partial charge on any atom is -0.497 e. The zero-order valence-corrected chi connectivity index (χ0v) is 33.6. The molecule has 3 N–H and O–H groups in total. The lowest BCUT2D eigenvalue weighted by atomic mass is 10.1. The van der Waals surface area contributed by atoms with Crippen molar-refractivity contribution in [1.82, 2.24) is 25.2 Å². The molecule has 3 fully saturated rings. The van der Waals surface area contributed by atoms with Crippen LogP contribution in [-0.2, 0) is 33.9 Å². The summed E-state index contributed by atoms with van der Waals surface area (Å²) in [6.45, 7) is 8.57. The van der Waals surface area contributed by atoms with Crippen LogP contribution in [-0.4, -0.2) is 96.1 Å². The number of amides is 4. The lowest BCUT2D eigenvalue weighted by Gasteiger charge is -2.30. The fraction of sp³-hybridized carbons (Fsp3) is 0.429. The van der Waals surface area contributed by atoms with Crippen molar-refractivity contribution in [1.29, 1.82) is 0 Å². The molecule has 2 aromatic carbocycles. The van der Waals surface area contributed by atoms with Gasteiger partial charge in [-0.2, -0.15) is 0 Å². The molecule has 0 bridgehead atoms. The first-order valence-corrected chi connectivity index (χ1v) is 20.6. The summed E-state index contributed by atoms with van der Waals surface area (Å²) in [6, 6.07) is 13.4. The molecule has 2 heterocycles. The normalized spacial score (nSPS) is 21.7. The number of benzene rings is 2. The molecule has 306 valence electrons. The molecule has 1 aliphatic heterocycles. The number of fused-ring (bicyclic) bond motifs is 1. The first-order chi connectivity index (χ1) is 27.5. The van der Waals surface area contributed by atoms with Crippen molar-refractivity contribution in [2.24, 2.45) is 5.92 Å². The second-order valence-electron chi connectivity index (χ2n) is 15.6. The van der Waals surface area contributed by atoms with E-state index in [4.69, 9.17) is 14.2 Å². The molecular weight excluding hydrogens is 767 g/mol. The third kappa shape index (κ3) is 9.94. The number of carbonyl (C=O) groups is 5. The second kappa shape index (κ2) is 16.9. The van der Waals surface area contributed by atoms with E-state index in [0.717, 1.165) is 5.39 Å². The summed E-state index contributed by atoms with van der Waals surface area (Å²) >= 11 is 0. The Morgan fingerprint density at radius 2 is 1.83 bits per heavy atom. The summed E-state index contributed by atoms with van der Waals surface area (Å²) in [5.41, 5.74) is -1.92. The summed E-state index contributed by atoms with van der Waals surface area (Å²) in [4.78, 5) is 74.2. The Morgan fingerprint density at radius 1 is 1.09 bits per heavy atom. The Hall–Kier alpha value is -5.95. The Morgan fingerprint density at radius 3 is 2.48 bits per heavy atom. The van der Waals surface area contributed by atoms with Crippen LogP contribution in [0.2, 0.25) is 0 Å². The van der Waals surface area contributed by atoms with Crippen LogP contribution in [0.4, 0.5) is 4.79 Å². The zero-order valence-electron chi connectivity index (χ0n) is 32.8. The molecule has 16 heteroatoms. The van der Waals surface area contributed by atoms with Crippen LogP contribution in [0.25, 0.3) is 10.8 Å². The standard InChI is InChI=1S/C42H47N5O10S/c1-6-28-24-42(28,39(51)46-58(53,54)32-16-17-32)45-36(49)35-23-31(56-37-33-18-15-30(55-5)22-27(33)20-21-43-37)25-47(35)38(50)34(44-40(52)57-41(2,3)4)19-14-29(48)13-12-26-10-8-7-9-11-26/h6-11,15,18,20-22,28,31-32,34-35H,1,14,16-17,19,23-25H2,2-5H3,(H,44,52)(H,45,49)(H,46,51). The minimum atomic E-state index is -3.95. The van der Waals surface area contributed by atoms with E-state index in [9.17, 15) is 32.4 Å². The van der Waals surface area contributed by atoms with Crippen LogP contribution in [0.15, 0.2) is 73.4 Å². The van der Waals surface area contributed by atoms with E-state index in [1.54, 1.807) is 76.5 Å². The van der Waals surface area contributed by atoms with Gasteiger partial charge in [0, 0.05) is 35.9 Å². The van der Waals surface area contributed by atoms with E-state index in [-0.39, 0.29) is 38.1 Å². The third-order valence-corrected chi connectivity index (χ3v) is 11.9. The predicted molar refractivity (Wildman–Crippen MR) is 213 cm³/mol. The number of ether oxygens (including phenoxy) is 3. The van der Waals surface area contributed by atoms with Gasteiger partial charge in [-0.3, -0.25) is 23.9 Å². The molecule has 1 saturated heterocycles. The van der Waals surface area contributed by atoms with E-state index >= 15 is 0 Å². The maximum absolute atomic E-state index is 14.6. The van der Waals surface area contributed by atoms with Crippen LogP contribution in [0.3, 0.4) is 0 Å². The van der Waals surface area contributed by atoms with E-state index < -0.39 is 80.1 Å². The largest absolute Gasteiger partial charge is 0.497 e. The summed E-state index contributed by atoms with van der Waals surface area (Å²) in [5, 5.41) is 6.06. The average Bonchev–Trinajstić information content (AvgIpc) is 4.11. The third-order valence-electron chi connectivity index (χ3n) is 10.1. The molecule has 5 unspecified atom stereocenters. The molecule has 3 aromatic rings. The van der Waals surface area contributed by atoms with Crippen molar-refractivity contribution in [3.05, 3.63) is 79.0 Å². The lowest BCUT2D eigenvalue weighted by Crippen LogP contribution is -2.58. The summed E-state index contributed by atoms with van der Waals surface area (Å²) in [6.07, 6.45) is 1.76. The number of likely N-dealkylation sites (tertiary alicyclic amines) is 1. The van der Waals surface area contributed by atoms with Gasteiger partial charge in [0.25, 0.3) is 5.91 Å². The number of aromatic nitrogens is 1. The number of Topliss-reactive ketones (excluding diaryl/α,β-unsaturated/α-hetero) is 1. The summed E-state index contributed by atoms with van der Waals surface area (Å²) in [7, 11) is -2.40. The predicted octanol–water partition coefficient (Wildman–Crippen LogP) is 3.56. The number of hydrogen-bond acceptors (Lipinski definition) is 11. The number of hydrogen-bond donors (Lipinski definition) is 3. The highest BCUT2D eigenvalue weighted by Crippen LogP contribution is 2.45. The topological polar surface area (TPSA) is 199 Å². The molecule has 3 aliphatic rings. The lowest BCUT2D eigenvalue weighted by molar-refractivity contribution is -0.141. The van der Waals surface area contributed by atoms with Gasteiger partial charge < -0.3 is 29.7 Å². The van der Waals surface area contributed by atoms with Crippen LogP contribution in [0.5, 0.6) is 11.6 Å². The first-order valence-electron chi connectivity index (χ1n) is 19.0. The molecule has 1 aromatic heterocycles. The van der Waals surface area contributed by atoms with E-state index in [0.29, 0.717) is 29.5 Å². The fourth-order valence-electron chi connectivity index (χ4n) is 6.81. The van der Waals surface area contributed by atoms with Crippen LogP contribution in [0, 0.1) is 17.8 Å². The fourth-order valence-corrected chi connectivity index (χ4v) is 8.17. The SMILES string of the molecule is C=CC1CC1(NC(=O)C1CC(Oc2nccc3cc(OC)ccc23)CN1C(=O)C(CCC(=O)C#Cc1ccccc1)NC(=O)OC(C)(C)C)C(=O)NS(=O)(=O)C1CC1. The van der Waals surface area contributed by atoms with Crippen LogP contribution < -0.4 is 24.8 Å². The molecular formula is C42H47N5O10S. The molecule has 0 spiro atoms. The van der Waals surface area contributed by atoms with Gasteiger partial charge in [-0.1, -0.05) is 30.2 Å². The monoisotopic (exact) mass is 813 g/mol. The van der Waals surface area contributed by atoms with E-state index in [1.165, 1.54) is 11.0 Å².